The lowest BCUT2D eigenvalue weighted by Gasteiger charge is -2.36. The van der Waals surface area contributed by atoms with Gasteiger partial charge in [-0.05, 0) is 42.9 Å². The largest absolute Gasteiger partial charge is 0.0817 e. The van der Waals surface area contributed by atoms with E-state index in [9.17, 15) is 0 Å². The van der Waals surface area contributed by atoms with E-state index in [1.807, 2.05) is 0 Å². The zero-order valence-electron chi connectivity index (χ0n) is 38.0. The summed E-state index contributed by atoms with van der Waals surface area (Å²) in [6, 6.07) is 0. The molecule has 0 atom stereocenters. The highest BCUT2D eigenvalue weighted by Crippen LogP contribution is 2.54. The van der Waals surface area contributed by atoms with Gasteiger partial charge in [-0.1, -0.05) is 297 Å². The molecule has 0 radical (unpaired) electrons. The smallest absolute Gasteiger partial charge is 0.0110 e. The van der Waals surface area contributed by atoms with Gasteiger partial charge in [0.1, 0.15) is 0 Å². The van der Waals surface area contributed by atoms with E-state index in [0.717, 1.165) is 0 Å². The number of rotatable bonds is 44. The fourth-order valence-corrected chi connectivity index (χ4v) is 9.97. The van der Waals surface area contributed by atoms with E-state index in [1.54, 1.807) is 0 Å². The van der Waals surface area contributed by atoms with Crippen LogP contribution in [0.5, 0.6) is 0 Å². The molecule has 0 bridgehead atoms. The Kier molecular flexibility index (Phi) is 37.0. The third-order valence-electron chi connectivity index (χ3n) is 13.6. The molecule has 0 heteroatoms. The molecule has 0 saturated heterocycles. The molecule has 53 heavy (non-hydrogen) atoms. The molecule has 0 N–H and O–H groups in total. The number of allylic oxidation sites excluding steroid dienone is 2. The van der Waals surface area contributed by atoms with Crippen LogP contribution in [-0.2, 0) is 0 Å². The predicted molar refractivity (Wildman–Crippen MR) is 244 cm³/mol. The fraction of sp³-hybridized carbons (Fsp3) is 0.962. The average molecular weight is 741 g/mol. The van der Waals surface area contributed by atoms with E-state index >= 15 is 0 Å². The van der Waals surface area contributed by atoms with Crippen LogP contribution in [0.15, 0.2) is 12.2 Å². The first-order chi connectivity index (χ1) is 26.2. The van der Waals surface area contributed by atoms with Gasteiger partial charge in [-0.2, -0.15) is 0 Å². The molecule has 0 unspecified atom stereocenters. The van der Waals surface area contributed by atoms with Crippen molar-refractivity contribution in [1.29, 1.82) is 0 Å². The van der Waals surface area contributed by atoms with Crippen LogP contribution in [0, 0.1) is 10.8 Å². The minimum absolute atomic E-state index is 0.511. The van der Waals surface area contributed by atoms with Crippen LogP contribution in [-0.4, -0.2) is 0 Å². The monoisotopic (exact) mass is 741 g/mol. The van der Waals surface area contributed by atoms with Crippen molar-refractivity contribution < 1.29 is 0 Å². The molecule has 316 valence electrons. The lowest BCUT2D eigenvalue weighted by atomic mass is 9.69. The minimum Gasteiger partial charge on any atom is -0.0817 e. The molecule has 0 nitrogen and oxygen atoms in total. The Bertz CT molecular complexity index is 622. The number of hydrogen-bond donors (Lipinski definition) is 0. The van der Waals surface area contributed by atoms with Gasteiger partial charge in [0, 0.05) is 0 Å². The van der Waals surface area contributed by atoms with Gasteiger partial charge < -0.3 is 0 Å². The lowest BCUT2D eigenvalue weighted by molar-refractivity contribution is 0.183. The second-order valence-corrected chi connectivity index (χ2v) is 19.0. The Morgan fingerprint density at radius 2 is 0.377 bits per heavy atom. The quantitative estimate of drug-likeness (QED) is 0.0431. The Balaban J connectivity index is 2.68. The van der Waals surface area contributed by atoms with Crippen LogP contribution in [0.4, 0.5) is 0 Å². The number of hydrogen-bond acceptors (Lipinski definition) is 0. The van der Waals surface area contributed by atoms with Gasteiger partial charge in [-0.25, -0.2) is 0 Å². The zero-order chi connectivity index (χ0) is 38.2. The van der Waals surface area contributed by atoms with Crippen LogP contribution in [0.25, 0.3) is 0 Å². The zero-order valence-corrected chi connectivity index (χ0v) is 38.0. The van der Waals surface area contributed by atoms with Crippen molar-refractivity contribution in [2.75, 3.05) is 0 Å². The maximum atomic E-state index is 2.86. The standard InChI is InChI=1S/C53H104/c1-5-9-13-17-21-25-29-33-37-41-45-52(46-42-38-34-30-26-22-18-14-10-6-2)49-50-53(51-52,47-43-39-35-31-27-23-19-15-11-7-3)48-44-40-36-32-28-24-20-16-12-8-4/h49-50H,5-48,51H2,1-4H3. The molecule has 0 saturated carbocycles. The summed E-state index contributed by atoms with van der Waals surface area (Å²) in [6.07, 6.45) is 71.6. The molecule has 0 heterocycles. The van der Waals surface area contributed by atoms with Crippen molar-refractivity contribution in [3.63, 3.8) is 0 Å². The molecular formula is C53H104. The maximum Gasteiger partial charge on any atom is -0.0110 e. The van der Waals surface area contributed by atoms with Crippen molar-refractivity contribution in [2.24, 2.45) is 10.8 Å². The summed E-state index contributed by atoms with van der Waals surface area (Å²) in [5.74, 6) is 0. The predicted octanol–water partition coefficient (Wildman–Crippen LogP) is 20.2. The molecule has 0 aliphatic heterocycles. The van der Waals surface area contributed by atoms with E-state index in [0.29, 0.717) is 10.8 Å². The van der Waals surface area contributed by atoms with Gasteiger partial charge in [-0.3, -0.25) is 0 Å². The third-order valence-corrected chi connectivity index (χ3v) is 13.6. The summed E-state index contributed by atoms with van der Waals surface area (Å²) in [4.78, 5) is 0. The molecule has 1 aliphatic rings. The first-order valence-electron chi connectivity index (χ1n) is 25.9. The van der Waals surface area contributed by atoms with Crippen molar-refractivity contribution >= 4 is 0 Å². The highest BCUT2D eigenvalue weighted by molar-refractivity contribution is 5.17. The molecule has 1 aliphatic carbocycles. The lowest BCUT2D eigenvalue weighted by Crippen LogP contribution is -2.24. The van der Waals surface area contributed by atoms with Crippen molar-refractivity contribution in [1.82, 2.24) is 0 Å². The number of unbranched alkanes of at least 4 members (excludes halogenated alkanes) is 36. The summed E-state index contributed by atoms with van der Waals surface area (Å²) in [5.41, 5.74) is 1.02. The SMILES string of the molecule is CCCCCCCCCCCCC1(CCCCCCCCCCCC)C=CC(CCCCCCCCCCCC)(CCCCCCCCCCCC)C1. The van der Waals surface area contributed by atoms with Gasteiger partial charge in [0.25, 0.3) is 0 Å². The second-order valence-electron chi connectivity index (χ2n) is 19.0. The first kappa shape index (κ1) is 50.8. The van der Waals surface area contributed by atoms with E-state index in [4.69, 9.17) is 0 Å². The van der Waals surface area contributed by atoms with E-state index in [1.165, 1.54) is 289 Å². The van der Waals surface area contributed by atoms with Gasteiger partial charge >= 0.3 is 0 Å². The normalized spacial score (nSPS) is 14.9. The molecule has 0 aromatic carbocycles. The van der Waals surface area contributed by atoms with Crippen LogP contribution >= 0.6 is 0 Å². The van der Waals surface area contributed by atoms with Gasteiger partial charge in [0.05, 0.1) is 0 Å². The summed E-state index contributed by atoms with van der Waals surface area (Å²) in [7, 11) is 0. The molecular weight excluding hydrogens is 637 g/mol. The van der Waals surface area contributed by atoms with E-state index in [-0.39, 0.29) is 0 Å². The summed E-state index contributed by atoms with van der Waals surface area (Å²) < 4.78 is 0. The fourth-order valence-electron chi connectivity index (χ4n) is 9.97. The molecule has 0 aromatic heterocycles. The van der Waals surface area contributed by atoms with Crippen molar-refractivity contribution in [3.05, 3.63) is 12.2 Å². The van der Waals surface area contributed by atoms with Gasteiger partial charge in [0.15, 0.2) is 0 Å². The topological polar surface area (TPSA) is 0 Å². The first-order valence-corrected chi connectivity index (χ1v) is 25.9. The van der Waals surface area contributed by atoms with Gasteiger partial charge in [-0.15, -0.1) is 0 Å². The molecule has 0 fully saturated rings. The third kappa shape index (κ3) is 30.5. The molecule has 0 spiro atoms. The Labute approximate surface area is 338 Å². The molecule has 1 rings (SSSR count). The van der Waals surface area contributed by atoms with Crippen LogP contribution < -0.4 is 0 Å². The summed E-state index contributed by atoms with van der Waals surface area (Å²) in [5, 5.41) is 0. The molecule has 0 aromatic rings. The molecule has 0 amide bonds. The Morgan fingerprint density at radius 1 is 0.226 bits per heavy atom. The van der Waals surface area contributed by atoms with Crippen molar-refractivity contribution in [3.8, 4) is 0 Å². The van der Waals surface area contributed by atoms with E-state index < -0.39 is 0 Å². The summed E-state index contributed by atoms with van der Waals surface area (Å²) >= 11 is 0. The minimum atomic E-state index is 0.511. The van der Waals surface area contributed by atoms with Crippen LogP contribution in [0.3, 0.4) is 0 Å². The van der Waals surface area contributed by atoms with Gasteiger partial charge in [0.2, 0.25) is 0 Å². The van der Waals surface area contributed by atoms with Crippen molar-refractivity contribution in [2.45, 2.75) is 317 Å². The highest BCUT2D eigenvalue weighted by atomic mass is 14.5. The average Bonchev–Trinajstić information content (AvgIpc) is 3.53. The summed E-state index contributed by atoms with van der Waals surface area (Å²) in [6.45, 7) is 9.34. The maximum absolute atomic E-state index is 2.86. The second kappa shape index (κ2) is 38.6. The van der Waals surface area contributed by atoms with Crippen LogP contribution in [0.1, 0.15) is 317 Å². The van der Waals surface area contributed by atoms with Crippen LogP contribution in [0.2, 0.25) is 0 Å². The van der Waals surface area contributed by atoms with E-state index in [2.05, 4.69) is 39.8 Å². The Morgan fingerprint density at radius 3 is 0.547 bits per heavy atom. The Hall–Kier alpha value is -0.260. The highest BCUT2D eigenvalue weighted by Gasteiger charge is 2.42.